The molecule has 0 aliphatic rings. The highest BCUT2D eigenvalue weighted by Crippen LogP contribution is 2.43. The maximum absolute atomic E-state index is 13.0. The van der Waals surface area contributed by atoms with Crippen LogP contribution in [0.2, 0.25) is 0 Å². The molecule has 3 N–H and O–H groups in total. The van der Waals surface area contributed by atoms with Crippen LogP contribution in [0.25, 0.3) is 0 Å². The molecule has 0 bridgehead atoms. The molecule has 8 nitrogen and oxygen atoms in total. The van der Waals surface area contributed by atoms with Crippen LogP contribution in [-0.2, 0) is 18.4 Å². The zero-order chi connectivity index (χ0) is 56.3. The zero-order valence-corrected chi connectivity index (χ0v) is 52.3. The van der Waals surface area contributed by atoms with Gasteiger partial charge in [-0.3, -0.25) is 13.8 Å². The monoisotopic (exact) mass is 1100 g/mol. The van der Waals surface area contributed by atoms with Gasteiger partial charge in [0.1, 0.15) is 13.2 Å². The summed E-state index contributed by atoms with van der Waals surface area (Å²) in [6, 6.07) is -0.848. The molecule has 77 heavy (non-hydrogen) atoms. The van der Waals surface area contributed by atoms with Crippen LogP contribution in [0.4, 0.5) is 0 Å². The highest BCUT2D eigenvalue weighted by atomic mass is 31.2. The van der Waals surface area contributed by atoms with E-state index < -0.39 is 20.0 Å². The Hall–Kier alpha value is -2.06. The van der Waals surface area contributed by atoms with Crippen molar-refractivity contribution in [2.75, 3.05) is 40.9 Å². The van der Waals surface area contributed by atoms with E-state index in [0.29, 0.717) is 17.4 Å². The van der Waals surface area contributed by atoms with E-state index in [4.69, 9.17) is 9.05 Å². The number of unbranched alkanes of at least 4 members (excludes halogenated alkanes) is 37. The SMILES string of the molecule is CC/C=C\C/C=C\C/C=C\C/C=C\C/C=C\CCCCCCCCCCCCCCCCCCCCCC(=O)NC(COP(=O)(O)OCC[N+](C)(C)C)C(O)/C=C/CCCCCCCCCCCCCCCCCCCC. The number of nitrogens with zero attached hydrogens (tertiary/aromatic N) is 1. The smallest absolute Gasteiger partial charge is 0.387 e. The number of likely N-dealkylation sites (N-methyl/N-ethyl adjacent to an activating group) is 1. The van der Waals surface area contributed by atoms with Crippen LogP contribution >= 0.6 is 7.82 Å². The number of carbonyl (C=O) groups is 1. The quantitative estimate of drug-likeness (QED) is 0.0243. The summed E-state index contributed by atoms with van der Waals surface area (Å²) in [7, 11) is 1.58. The van der Waals surface area contributed by atoms with Gasteiger partial charge in [0.25, 0.3) is 0 Å². The van der Waals surface area contributed by atoms with Gasteiger partial charge in [-0.15, -0.1) is 0 Å². The number of amides is 1. The van der Waals surface area contributed by atoms with Gasteiger partial charge >= 0.3 is 7.82 Å². The first kappa shape index (κ1) is 74.9. The van der Waals surface area contributed by atoms with Crippen LogP contribution < -0.4 is 5.32 Å². The normalized spacial score (nSPS) is 14.2. The van der Waals surface area contributed by atoms with Crippen molar-refractivity contribution in [1.82, 2.24) is 5.32 Å². The number of phosphoric ester groups is 1. The molecule has 0 rings (SSSR count). The van der Waals surface area contributed by atoms with Crippen LogP contribution in [-0.4, -0.2) is 73.4 Å². The molecule has 0 aromatic rings. The second-order valence-corrected chi connectivity index (χ2v) is 24.9. The minimum Gasteiger partial charge on any atom is -0.387 e. The molecule has 0 fully saturated rings. The first-order chi connectivity index (χ1) is 37.5. The summed E-state index contributed by atoms with van der Waals surface area (Å²) in [6.07, 6.45) is 81.7. The molecule has 0 aromatic carbocycles. The van der Waals surface area contributed by atoms with Crippen molar-refractivity contribution < 1.29 is 32.9 Å². The third kappa shape index (κ3) is 61.4. The molecule has 3 unspecified atom stereocenters. The molecule has 0 aliphatic heterocycles. The lowest BCUT2D eigenvalue weighted by Gasteiger charge is -2.25. The minimum absolute atomic E-state index is 0.0615. The van der Waals surface area contributed by atoms with E-state index >= 15 is 0 Å². The molecule has 450 valence electrons. The van der Waals surface area contributed by atoms with Crippen molar-refractivity contribution in [3.8, 4) is 0 Å². The fourth-order valence-corrected chi connectivity index (χ4v) is 10.3. The van der Waals surface area contributed by atoms with Gasteiger partial charge in [-0.25, -0.2) is 4.57 Å². The fourth-order valence-electron chi connectivity index (χ4n) is 9.60. The number of phosphoric acid groups is 1. The molecule has 0 saturated carbocycles. The van der Waals surface area contributed by atoms with Gasteiger partial charge in [0.15, 0.2) is 0 Å². The predicted molar refractivity (Wildman–Crippen MR) is 337 cm³/mol. The summed E-state index contributed by atoms with van der Waals surface area (Å²) in [4.78, 5) is 23.4. The van der Waals surface area contributed by atoms with Crippen LogP contribution in [0.1, 0.15) is 303 Å². The van der Waals surface area contributed by atoms with Crippen molar-refractivity contribution in [2.24, 2.45) is 0 Å². The molecule has 0 spiro atoms. The summed E-state index contributed by atoms with van der Waals surface area (Å²) >= 11 is 0. The maximum Gasteiger partial charge on any atom is 0.472 e. The number of allylic oxidation sites excluding steroid dienone is 11. The van der Waals surface area contributed by atoms with Gasteiger partial charge in [0.2, 0.25) is 5.91 Å². The Morgan fingerprint density at radius 3 is 1.14 bits per heavy atom. The maximum atomic E-state index is 13.0. The van der Waals surface area contributed by atoms with Gasteiger partial charge in [0.05, 0.1) is 39.9 Å². The molecular formula is C68H128N2O6P+. The van der Waals surface area contributed by atoms with Crippen LogP contribution in [0, 0.1) is 0 Å². The van der Waals surface area contributed by atoms with Crippen molar-refractivity contribution in [1.29, 1.82) is 0 Å². The number of aliphatic hydroxyl groups excluding tert-OH is 1. The lowest BCUT2D eigenvalue weighted by Crippen LogP contribution is -2.45. The molecule has 0 saturated heterocycles. The Morgan fingerprint density at radius 1 is 0.455 bits per heavy atom. The Bertz CT molecular complexity index is 1480. The number of quaternary nitrogens is 1. The summed E-state index contributed by atoms with van der Waals surface area (Å²) in [5, 5.41) is 14.0. The largest absolute Gasteiger partial charge is 0.472 e. The topological polar surface area (TPSA) is 105 Å². The molecule has 3 atom stereocenters. The first-order valence-electron chi connectivity index (χ1n) is 32.8. The van der Waals surface area contributed by atoms with E-state index in [1.807, 2.05) is 27.2 Å². The number of nitrogens with one attached hydrogen (secondary N) is 1. The standard InChI is InChI=1S/C68H127N2O6P/c1-6-8-10-12-14-16-18-20-22-24-26-28-29-30-31-32-33-34-35-36-37-38-39-40-41-42-44-46-48-50-52-54-56-58-60-62-68(72)69-66(65-76-77(73,74)75-64-63-70(3,4)5)67(71)61-59-57-55-53-51-49-47-45-43-27-25-23-21-19-17-15-13-11-9-7-2/h8,10,14,16,20,22,26,28,30-31,59,61,66-67,71H,6-7,9,11-13,15,17-19,21,23-25,27,29,32-58,60,62-65H2,1-5H3,(H-,69,72,73,74)/p+1/b10-8-,16-14-,22-20-,28-26-,31-30-,61-59+. The Morgan fingerprint density at radius 2 is 0.779 bits per heavy atom. The molecule has 0 radical (unpaired) electrons. The molecular weight excluding hydrogens is 972 g/mol. The average molecular weight is 1100 g/mol. The number of hydrogen-bond acceptors (Lipinski definition) is 5. The molecule has 1 amide bonds. The Balaban J connectivity index is 4.04. The molecule has 0 aromatic heterocycles. The lowest BCUT2D eigenvalue weighted by atomic mass is 10.0. The van der Waals surface area contributed by atoms with Gasteiger partial charge in [-0.2, -0.15) is 0 Å². The number of hydrogen-bond donors (Lipinski definition) is 3. The molecule has 0 aliphatic carbocycles. The fraction of sp³-hybridized carbons (Fsp3) is 0.809. The van der Waals surface area contributed by atoms with E-state index in [-0.39, 0.29) is 19.1 Å². The third-order valence-corrected chi connectivity index (χ3v) is 15.7. The summed E-state index contributed by atoms with van der Waals surface area (Å²) in [5.74, 6) is -0.173. The van der Waals surface area contributed by atoms with Crippen LogP contribution in [0.15, 0.2) is 72.9 Å². The number of rotatable bonds is 60. The van der Waals surface area contributed by atoms with E-state index in [0.717, 1.165) is 70.6 Å². The Kier molecular flexibility index (Phi) is 57.0. The predicted octanol–water partition coefficient (Wildman–Crippen LogP) is 20.6. The van der Waals surface area contributed by atoms with E-state index in [9.17, 15) is 19.4 Å². The molecule has 0 heterocycles. The number of carbonyl (C=O) groups excluding carboxylic acids is 1. The first-order valence-corrected chi connectivity index (χ1v) is 34.3. The Labute approximate surface area is 478 Å². The summed E-state index contributed by atoms with van der Waals surface area (Å²) < 4.78 is 23.8. The van der Waals surface area contributed by atoms with Crippen molar-refractivity contribution >= 4 is 13.7 Å². The second kappa shape index (κ2) is 58.6. The summed E-state index contributed by atoms with van der Waals surface area (Å²) in [6.45, 7) is 4.74. The van der Waals surface area contributed by atoms with Gasteiger partial charge in [0, 0.05) is 6.42 Å². The van der Waals surface area contributed by atoms with E-state index in [1.165, 1.54) is 212 Å². The highest BCUT2D eigenvalue weighted by Gasteiger charge is 2.28. The van der Waals surface area contributed by atoms with E-state index in [1.54, 1.807) is 6.08 Å². The van der Waals surface area contributed by atoms with Gasteiger partial charge in [-0.1, -0.05) is 305 Å². The van der Waals surface area contributed by atoms with Crippen LogP contribution in [0.3, 0.4) is 0 Å². The number of aliphatic hydroxyl groups is 1. The zero-order valence-electron chi connectivity index (χ0n) is 51.4. The van der Waals surface area contributed by atoms with Crippen molar-refractivity contribution in [2.45, 2.75) is 315 Å². The lowest BCUT2D eigenvalue weighted by molar-refractivity contribution is -0.870. The van der Waals surface area contributed by atoms with E-state index in [2.05, 4.69) is 79.9 Å². The van der Waals surface area contributed by atoms with Crippen molar-refractivity contribution in [3.63, 3.8) is 0 Å². The molecule has 9 heteroatoms. The average Bonchev–Trinajstić information content (AvgIpc) is 3.39. The van der Waals surface area contributed by atoms with Crippen LogP contribution in [0.5, 0.6) is 0 Å². The second-order valence-electron chi connectivity index (χ2n) is 23.5. The summed E-state index contributed by atoms with van der Waals surface area (Å²) in [5.41, 5.74) is 0. The van der Waals surface area contributed by atoms with Gasteiger partial charge in [-0.05, 0) is 64.2 Å². The highest BCUT2D eigenvalue weighted by molar-refractivity contribution is 7.47. The van der Waals surface area contributed by atoms with Gasteiger partial charge < -0.3 is 19.8 Å². The van der Waals surface area contributed by atoms with Crippen molar-refractivity contribution in [3.05, 3.63) is 72.9 Å². The minimum atomic E-state index is -4.35. The third-order valence-electron chi connectivity index (χ3n) is 14.7.